The van der Waals surface area contributed by atoms with Crippen LogP contribution in [-0.2, 0) is 4.79 Å². The first-order chi connectivity index (χ1) is 8.52. The van der Waals surface area contributed by atoms with Crippen LogP contribution < -0.4 is 11.1 Å². The molecule has 0 heterocycles. The lowest BCUT2D eigenvalue weighted by atomic mass is 9.79. The van der Waals surface area contributed by atoms with E-state index in [0.29, 0.717) is 13.1 Å². The highest BCUT2D eigenvalue weighted by atomic mass is 16.3. The molecule has 0 radical (unpaired) electrons. The van der Waals surface area contributed by atoms with E-state index in [0.717, 1.165) is 25.7 Å². The van der Waals surface area contributed by atoms with Gasteiger partial charge in [-0.3, -0.25) is 4.79 Å². The normalized spacial score (nSPS) is 21.4. The number of rotatable bonds is 5. The van der Waals surface area contributed by atoms with Crippen molar-refractivity contribution in [1.82, 2.24) is 5.32 Å². The second kappa shape index (κ2) is 7.10. The maximum absolute atomic E-state index is 12.3. The van der Waals surface area contributed by atoms with Crippen LogP contribution in [0.25, 0.3) is 0 Å². The molecule has 4 nitrogen and oxygen atoms in total. The van der Waals surface area contributed by atoms with E-state index in [9.17, 15) is 9.90 Å². The maximum Gasteiger partial charge on any atom is 0.227 e. The van der Waals surface area contributed by atoms with Gasteiger partial charge >= 0.3 is 0 Å². The van der Waals surface area contributed by atoms with Crippen molar-refractivity contribution in [1.29, 1.82) is 0 Å². The third kappa shape index (κ3) is 3.95. The zero-order valence-corrected chi connectivity index (χ0v) is 11.7. The number of hydrogen-bond donors (Lipinski definition) is 3. The summed E-state index contributed by atoms with van der Waals surface area (Å²) in [7, 11) is 0. The maximum atomic E-state index is 12.3. The first-order valence-corrected chi connectivity index (χ1v) is 7.18. The molecule has 1 rings (SSSR count). The summed E-state index contributed by atoms with van der Waals surface area (Å²) in [6.45, 7) is 4.64. The van der Waals surface area contributed by atoms with Crippen LogP contribution in [0.15, 0.2) is 0 Å². The van der Waals surface area contributed by atoms with Crippen molar-refractivity contribution in [3.05, 3.63) is 0 Å². The molecule has 4 N–H and O–H groups in total. The van der Waals surface area contributed by atoms with Crippen molar-refractivity contribution in [3.63, 3.8) is 0 Å². The minimum Gasteiger partial charge on any atom is -0.391 e. The molecule has 0 aromatic rings. The SMILES string of the molecule is CC(C)C(O)CNC(=O)C1(CN)CCCCCC1. The summed E-state index contributed by atoms with van der Waals surface area (Å²) in [4.78, 5) is 12.3. The molecule has 0 bridgehead atoms. The molecule has 0 aromatic carbocycles. The van der Waals surface area contributed by atoms with Crippen LogP contribution in [0.1, 0.15) is 52.4 Å². The highest BCUT2D eigenvalue weighted by molar-refractivity contribution is 5.82. The Hall–Kier alpha value is -0.610. The van der Waals surface area contributed by atoms with Gasteiger partial charge < -0.3 is 16.2 Å². The van der Waals surface area contributed by atoms with Crippen molar-refractivity contribution in [2.75, 3.05) is 13.1 Å². The van der Waals surface area contributed by atoms with Crippen LogP contribution in [-0.4, -0.2) is 30.2 Å². The van der Waals surface area contributed by atoms with Gasteiger partial charge in [-0.25, -0.2) is 0 Å². The van der Waals surface area contributed by atoms with Gasteiger partial charge in [-0.05, 0) is 18.8 Å². The largest absolute Gasteiger partial charge is 0.391 e. The fourth-order valence-corrected chi connectivity index (χ4v) is 2.55. The molecule has 0 spiro atoms. The summed E-state index contributed by atoms with van der Waals surface area (Å²) in [5.74, 6) is 0.194. The number of carbonyl (C=O) groups excluding carboxylic acids is 1. The lowest BCUT2D eigenvalue weighted by molar-refractivity contribution is -0.132. The molecular formula is C14H28N2O2. The zero-order valence-electron chi connectivity index (χ0n) is 11.7. The smallest absolute Gasteiger partial charge is 0.227 e. The molecule has 1 unspecified atom stereocenters. The van der Waals surface area contributed by atoms with Gasteiger partial charge in [-0.1, -0.05) is 39.5 Å². The number of aliphatic hydroxyl groups is 1. The molecule has 1 aliphatic carbocycles. The van der Waals surface area contributed by atoms with E-state index in [-0.39, 0.29) is 11.8 Å². The summed E-state index contributed by atoms with van der Waals surface area (Å²) >= 11 is 0. The highest BCUT2D eigenvalue weighted by Crippen LogP contribution is 2.34. The monoisotopic (exact) mass is 256 g/mol. The van der Waals surface area contributed by atoms with Crippen molar-refractivity contribution < 1.29 is 9.90 Å². The quantitative estimate of drug-likeness (QED) is 0.651. The lowest BCUT2D eigenvalue weighted by Gasteiger charge is -2.30. The number of amides is 1. The molecule has 1 atom stereocenters. The molecule has 0 aromatic heterocycles. The summed E-state index contributed by atoms with van der Waals surface area (Å²) in [5.41, 5.74) is 5.46. The summed E-state index contributed by atoms with van der Waals surface area (Å²) < 4.78 is 0. The average molecular weight is 256 g/mol. The fourth-order valence-electron chi connectivity index (χ4n) is 2.55. The van der Waals surface area contributed by atoms with Gasteiger partial charge in [0, 0.05) is 13.1 Å². The third-order valence-corrected chi connectivity index (χ3v) is 4.17. The number of hydrogen-bond acceptors (Lipinski definition) is 3. The van der Waals surface area contributed by atoms with E-state index < -0.39 is 11.5 Å². The minimum absolute atomic E-state index is 0.0339. The van der Waals surface area contributed by atoms with Gasteiger partial charge in [0.2, 0.25) is 5.91 Å². The van der Waals surface area contributed by atoms with Crippen molar-refractivity contribution in [2.45, 2.75) is 58.5 Å². The Morgan fingerprint density at radius 1 is 1.28 bits per heavy atom. The van der Waals surface area contributed by atoms with Crippen LogP contribution in [0.5, 0.6) is 0 Å². The second-order valence-electron chi connectivity index (χ2n) is 5.92. The Morgan fingerprint density at radius 2 is 1.83 bits per heavy atom. The number of nitrogens with two attached hydrogens (primary N) is 1. The standard InChI is InChI=1S/C14H28N2O2/c1-11(2)12(17)9-16-13(18)14(10-15)7-5-3-4-6-8-14/h11-12,17H,3-10,15H2,1-2H3,(H,16,18). The minimum atomic E-state index is -0.477. The van der Waals surface area contributed by atoms with Gasteiger partial charge in [0.05, 0.1) is 11.5 Å². The molecule has 4 heteroatoms. The fraction of sp³-hybridized carbons (Fsp3) is 0.929. The molecule has 1 saturated carbocycles. The second-order valence-corrected chi connectivity index (χ2v) is 5.92. The first-order valence-electron chi connectivity index (χ1n) is 7.18. The molecule has 1 aliphatic rings. The Balaban J connectivity index is 2.55. The number of aliphatic hydroxyl groups excluding tert-OH is 1. The molecule has 1 amide bonds. The summed E-state index contributed by atoms with van der Waals surface area (Å²) in [5, 5.41) is 12.6. The number of carbonyl (C=O) groups is 1. The summed E-state index contributed by atoms with van der Waals surface area (Å²) in [6, 6.07) is 0. The Morgan fingerprint density at radius 3 is 2.28 bits per heavy atom. The number of nitrogens with one attached hydrogen (secondary N) is 1. The zero-order chi connectivity index (χ0) is 13.6. The van der Waals surface area contributed by atoms with Crippen LogP contribution >= 0.6 is 0 Å². The first kappa shape index (κ1) is 15.4. The molecule has 18 heavy (non-hydrogen) atoms. The van der Waals surface area contributed by atoms with Gasteiger partial charge in [0.15, 0.2) is 0 Å². The van der Waals surface area contributed by atoms with E-state index in [1.54, 1.807) is 0 Å². The van der Waals surface area contributed by atoms with Crippen LogP contribution in [0.4, 0.5) is 0 Å². The van der Waals surface area contributed by atoms with E-state index in [1.165, 1.54) is 12.8 Å². The van der Waals surface area contributed by atoms with Gasteiger partial charge in [0.1, 0.15) is 0 Å². The van der Waals surface area contributed by atoms with E-state index >= 15 is 0 Å². The van der Waals surface area contributed by atoms with E-state index in [4.69, 9.17) is 5.73 Å². The van der Waals surface area contributed by atoms with Crippen molar-refractivity contribution in [3.8, 4) is 0 Å². The molecule has 0 saturated heterocycles. The van der Waals surface area contributed by atoms with Gasteiger partial charge in [-0.15, -0.1) is 0 Å². The van der Waals surface area contributed by atoms with Gasteiger partial charge in [-0.2, -0.15) is 0 Å². The van der Waals surface area contributed by atoms with Crippen molar-refractivity contribution >= 4 is 5.91 Å². The third-order valence-electron chi connectivity index (χ3n) is 4.17. The molecule has 1 fully saturated rings. The Kier molecular flexibility index (Phi) is 6.09. The van der Waals surface area contributed by atoms with Gasteiger partial charge in [0.25, 0.3) is 0 Å². The Bertz CT molecular complexity index is 259. The highest BCUT2D eigenvalue weighted by Gasteiger charge is 2.37. The topological polar surface area (TPSA) is 75.3 Å². The predicted octanol–water partition coefficient (Wildman–Crippen LogP) is 1.42. The van der Waals surface area contributed by atoms with E-state index in [1.807, 2.05) is 13.8 Å². The van der Waals surface area contributed by atoms with Crippen LogP contribution in [0.2, 0.25) is 0 Å². The van der Waals surface area contributed by atoms with Crippen LogP contribution in [0.3, 0.4) is 0 Å². The Labute approximate surface area is 110 Å². The lowest BCUT2D eigenvalue weighted by Crippen LogP contribution is -2.48. The summed E-state index contributed by atoms with van der Waals surface area (Å²) in [6.07, 6.45) is 5.84. The van der Waals surface area contributed by atoms with Crippen LogP contribution in [0, 0.1) is 11.3 Å². The average Bonchev–Trinajstić information content (AvgIpc) is 2.61. The molecule has 0 aliphatic heterocycles. The molecular weight excluding hydrogens is 228 g/mol. The predicted molar refractivity (Wildman–Crippen MR) is 73.0 cm³/mol. The molecule has 106 valence electrons. The van der Waals surface area contributed by atoms with Crippen molar-refractivity contribution in [2.24, 2.45) is 17.1 Å². The van der Waals surface area contributed by atoms with E-state index in [2.05, 4.69) is 5.32 Å².